The summed E-state index contributed by atoms with van der Waals surface area (Å²) in [5.74, 6) is 0.0945. The van der Waals surface area contributed by atoms with Crippen molar-refractivity contribution in [2.75, 3.05) is 53.5 Å². The van der Waals surface area contributed by atoms with Gasteiger partial charge in [-0.2, -0.15) is 0 Å². The number of hydrogen-bond acceptors (Lipinski definition) is 7. The summed E-state index contributed by atoms with van der Waals surface area (Å²) in [7, 11) is 3.80. The maximum atomic E-state index is 12.6. The molecule has 160 valence electrons. The SMILES string of the molecule is CN(C)CCNC(=O)c1cc(C=O)c(OCCN=CN)cc1OCCN=C(N)N. The van der Waals surface area contributed by atoms with Gasteiger partial charge in [0.1, 0.15) is 24.7 Å². The lowest BCUT2D eigenvalue weighted by Crippen LogP contribution is -2.31. The second-order valence-corrected chi connectivity index (χ2v) is 6.12. The fourth-order valence-electron chi connectivity index (χ4n) is 2.19. The van der Waals surface area contributed by atoms with Gasteiger partial charge in [-0.15, -0.1) is 0 Å². The lowest BCUT2D eigenvalue weighted by atomic mass is 10.1. The zero-order valence-corrected chi connectivity index (χ0v) is 16.8. The van der Waals surface area contributed by atoms with Crippen LogP contribution >= 0.6 is 0 Å². The molecule has 0 aliphatic heterocycles. The Labute approximate surface area is 169 Å². The molecule has 11 nitrogen and oxygen atoms in total. The molecule has 0 unspecified atom stereocenters. The van der Waals surface area contributed by atoms with Crippen LogP contribution in [0.5, 0.6) is 11.5 Å². The average Bonchev–Trinajstić information content (AvgIpc) is 2.68. The number of guanidine groups is 1. The number of carbonyl (C=O) groups excluding carboxylic acids is 2. The molecule has 0 saturated heterocycles. The molecule has 0 fully saturated rings. The Bertz CT molecular complexity index is 731. The number of hydrogen-bond donors (Lipinski definition) is 4. The molecule has 0 radical (unpaired) electrons. The fraction of sp³-hybridized carbons (Fsp3) is 0.444. The summed E-state index contributed by atoms with van der Waals surface area (Å²) in [6.45, 7) is 1.97. The highest BCUT2D eigenvalue weighted by atomic mass is 16.5. The van der Waals surface area contributed by atoms with E-state index in [0.717, 1.165) is 0 Å². The van der Waals surface area contributed by atoms with Crippen LogP contribution in [0.2, 0.25) is 0 Å². The maximum Gasteiger partial charge on any atom is 0.255 e. The number of ether oxygens (including phenoxy) is 2. The van der Waals surface area contributed by atoms with Crippen LogP contribution in [-0.2, 0) is 0 Å². The van der Waals surface area contributed by atoms with Gasteiger partial charge in [0, 0.05) is 19.2 Å². The Morgan fingerprint density at radius 3 is 2.48 bits per heavy atom. The molecule has 29 heavy (non-hydrogen) atoms. The van der Waals surface area contributed by atoms with E-state index in [4.69, 9.17) is 26.7 Å². The highest BCUT2D eigenvalue weighted by molar-refractivity contribution is 5.99. The molecule has 1 aromatic rings. The Morgan fingerprint density at radius 2 is 1.86 bits per heavy atom. The van der Waals surface area contributed by atoms with Crippen molar-refractivity contribution >= 4 is 24.5 Å². The highest BCUT2D eigenvalue weighted by Gasteiger charge is 2.18. The van der Waals surface area contributed by atoms with Crippen molar-refractivity contribution in [3.8, 4) is 11.5 Å². The molecule has 0 aliphatic rings. The number of nitrogens with zero attached hydrogens (tertiary/aromatic N) is 3. The monoisotopic (exact) mass is 407 g/mol. The summed E-state index contributed by atoms with van der Waals surface area (Å²) < 4.78 is 11.2. The molecule has 7 N–H and O–H groups in total. The summed E-state index contributed by atoms with van der Waals surface area (Å²) in [6, 6.07) is 2.92. The zero-order chi connectivity index (χ0) is 21.6. The third-order valence-electron chi connectivity index (χ3n) is 3.55. The molecular weight excluding hydrogens is 378 g/mol. The van der Waals surface area contributed by atoms with E-state index in [0.29, 0.717) is 25.9 Å². The number of benzene rings is 1. The number of rotatable bonds is 13. The van der Waals surface area contributed by atoms with Gasteiger partial charge in [0.25, 0.3) is 5.91 Å². The topological polar surface area (TPSA) is 171 Å². The van der Waals surface area contributed by atoms with E-state index in [1.807, 2.05) is 19.0 Å². The van der Waals surface area contributed by atoms with Gasteiger partial charge in [0.05, 0.1) is 30.6 Å². The summed E-state index contributed by atoms with van der Waals surface area (Å²) in [4.78, 5) is 33.7. The van der Waals surface area contributed by atoms with Crippen LogP contribution in [0.3, 0.4) is 0 Å². The molecular formula is C18H29N7O4. The first-order valence-electron chi connectivity index (χ1n) is 8.96. The minimum atomic E-state index is -0.369. The second-order valence-electron chi connectivity index (χ2n) is 6.12. The number of likely N-dealkylation sites (N-methyl/N-ethyl adjacent to an activating group) is 1. The molecule has 1 rings (SSSR count). The van der Waals surface area contributed by atoms with E-state index in [2.05, 4.69) is 15.3 Å². The summed E-state index contributed by atoms with van der Waals surface area (Å²) in [5.41, 5.74) is 16.2. The maximum absolute atomic E-state index is 12.6. The van der Waals surface area contributed by atoms with E-state index >= 15 is 0 Å². The first-order valence-corrected chi connectivity index (χ1v) is 8.96. The smallest absolute Gasteiger partial charge is 0.255 e. The van der Waals surface area contributed by atoms with Gasteiger partial charge in [-0.1, -0.05) is 0 Å². The van der Waals surface area contributed by atoms with Crippen molar-refractivity contribution < 1.29 is 19.1 Å². The second kappa shape index (κ2) is 12.9. The first-order chi connectivity index (χ1) is 13.9. The van der Waals surface area contributed by atoms with E-state index in [9.17, 15) is 9.59 Å². The van der Waals surface area contributed by atoms with Gasteiger partial charge < -0.3 is 36.9 Å². The van der Waals surface area contributed by atoms with Gasteiger partial charge in [0.15, 0.2) is 12.2 Å². The van der Waals surface area contributed by atoms with Crippen LogP contribution in [-0.4, -0.2) is 82.9 Å². The van der Waals surface area contributed by atoms with Crippen LogP contribution in [0.15, 0.2) is 22.1 Å². The van der Waals surface area contributed by atoms with Gasteiger partial charge in [-0.3, -0.25) is 19.6 Å². The molecule has 0 bridgehead atoms. The molecule has 0 aromatic heterocycles. The fourth-order valence-corrected chi connectivity index (χ4v) is 2.19. The predicted molar refractivity (Wildman–Crippen MR) is 112 cm³/mol. The number of nitrogens with two attached hydrogens (primary N) is 3. The van der Waals surface area contributed by atoms with Crippen molar-refractivity contribution in [2.45, 2.75) is 0 Å². The van der Waals surface area contributed by atoms with Crippen molar-refractivity contribution in [1.29, 1.82) is 0 Å². The van der Waals surface area contributed by atoms with E-state index in [1.165, 1.54) is 18.5 Å². The molecule has 11 heteroatoms. The lowest BCUT2D eigenvalue weighted by Gasteiger charge is -2.16. The molecule has 0 aliphatic carbocycles. The van der Waals surface area contributed by atoms with E-state index < -0.39 is 0 Å². The molecule has 1 amide bonds. The molecule has 1 aromatic carbocycles. The van der Waals surface area contributed by atoms with Crippen LogP contribution in [0, 0.1) is 0 Å². The van der Waals surface area contributed by atoms with E-state index in [1.54, 1.807) is 0 Å². The molecule has 0 heterocycles. The highest BCUT2D eigenvalue weighted by Crippen LogP contribution is 2.29. The van der Waals surface area contributed by atoms with Crippen molar-refractivity contribution in [1.82, 2.24) is 10.2 Å². The Balaban J connectivity index is 3.05. The zero-order valence-electron chi connectivity index (χ0n) is 16.8. The summed E-state index contributed by atoms with van der Waals surface area (Å²) >= 11 is 0. The van der Waals surface area contributed by atoms with Gasteiger partial charge in [-0.25, -0.2) is 0 Å². The Hall–Kier alpha value is -3.34. The van der Waals surface area contributed by atoms with Crippen molar-refractivity contribution in [3.63, 3.8) is 0 Å². The van der Waals surface area contributed by atoms with E-state index in [-0.39, 0.29) is 54.3 Å². The number of aldehydes is 1. The lowest BCUT2D eigenvalue weighted by molar-refractivity contribution is 0.0947. The first kappa shape index (κ1) is 23.7. The standard InChI is InChI=1S/C18H29N7O4/c1-25(2)6-3-23-17(27)14-9-13(11-26)15(28-7-4-22-12-19)10-16(14)29-8-5-24-18(20)21/h9-12H,3-8H2,1-2H3,(H2,19,22)(H,23,27)(H4,20,21,24). The largest absolute Gasteiger partial charge is 0.491 e. The van der Waals surface area contributed by atoms with Gasteiger partial charge >= 0.3 is 0 Å². The third kappa shape index (κ3) is 8.93. The van der Waals surface area contributed by atoms with Crippen molar-refractivity contribution in [3.05, 3.63) is 23.3 Å². The molecule has 0 saturated carbocycles. The average molecular weight is 407 g/mol. The minimum Gasteiger partial charge on any atom is -0.491 e. The third-order valence-corrected chi connectivity index (χ3v) is 3.55. The van der Waals surface area contributed by atoms with Crippen molar-refractivity contribution in [2.24, 2.45) is 27.2 Å². The summed E-state index contributed by atoms with van der Waals surface area (Å²) in [6.07, 6.45) is 1.78. The number of amides is 1. The Kier molecular flexibility index (Phi) is 10.6. The molecule has 0 atom stereocenters. The van der Waals surface area contributed by atoms with Gasteiger partial charge in [-0.05, 0) is 20.2 Å². The Morgan fingerprint density at radius 1 is 1.17 bits per heavy atom. The number of aliphatic imine (C=N–C) groups is 2. The number of carbonyl (C=O) groups is 2. The normalized spacial score (nSPS) is 10.7. The van der Waals surface area contributed by atoms with Crippen LogP contribution < -0.4 is 32.0 Å². The quantitative estimate of drug-likeness (QED) is 0.137. The van der Waals surface area contributed by atoms with Crippen LogP contribution in [0.25, 0.3) is 0 Å². The van der Waals surface area contributed by atoms with Crippen LogP contribution in [0.4, 0.5) is 0 Å². The predicted octanol–water partition coefficient (Wildman–Crippen LogP) is -1.19. The van der Waals surface area contributed by atoms with Gasteiger partial charge in [0.2, 0.25) is 0 Å². The minimum absolute atomic E-state index is 0.0592. The van der Waals surface area contributed by atoms with Crippen LogP contribution in [0.1, 0.15) is 20.7 Å². The molecule has 0 spiro atoms. The number of nitrogens with one attached hydrogen (secondary N) is 1. The summed E-state index contributed by atoms with van der Waals surface area (Å²) in [5, 5.41) is 2.79.